The number of aliphatic hydroxyl groups is 2. The fraction of sp³-hybridized carbons (Fsp3) is 0.400. The van der Waals surface area contributed by atoms with Crippen LogP contribution in [0.25, 0.3) is 22.5 Å². The number of fused-ring (bicyclic) bond motifs is 6. The highest BCUT2D eigenvalue weighted by Crippen LogP contribution is 2.46. The van der Waals surface area contributed by atoms with E-state index in [0.29, 0.717) is 39.3 Å². The third-order valence-corrected chi connectivity index (χ3v) is 8.68. The lowest BCUT2D eigenvalue weighted by Gasteiger charge is -2.33. The Morgan fingerprint density at radius 3 is 1.57 bits per heavy atom. The van der Waals surface area contributed by atoms with Gasteiger partial charge >= 0.3 is 0 Å². The fourth-order valence-electron chi connectivity index (χ4n) is 6.77. The Bertz CT molecular complexity index is 1420. The Hall–Kier alpha value is -3.44. The quantitative estimate of drug-likeness (QED) is 0.394. The lowest BCUT2D eigenvalue weighted by atomic mass is 9.86. The SMILES string of the molecule is O[C@@H]1CCOC[C@H]1[C@H]1c2cc(F)ccc2-c2cncn21.O[C@H]1CCOC[C@@H]1[C@@H]1c2cc(F)ccc2-c2cncn21. The van der Waals surface area contributed by atoms with Crippen molar-refractivity contribution in [3.05, 3.63) is 84.2 Å². The number of hydrogen-bond acceptors (Lipinski definition) is 6. The predicted molar refractivity (Wildman–Crippen MR) is 141 cm³/mol. The van der Waals surface area contributed by atoms with E-state index in [9.17, 15) is 19.0 Å². The number of aromatic nitrogens is 4. The Kier molecular flexibility index (Phi) is 6.50. The first-order valence-electron chi connectivity index (χ1n) is 13.7. The van der Waals surface area contributed by atoms with Crippen LogP contribution < -0.4 is 0 Å². The van der Waals surface area contributed by atoms with E-state index in [-0.39, 0.29) is 35.6 Å². The molecule has 0 spiro atoms. The molecule has 2 saturated heterocycles. The molecule has 0 radical (unpaired) electrons. The summed E-state index contributed by atoms with van der Waals surface area (Å²) in [6, 6.07) is 9.42. The monoisotopic (exact) mass is 548 g/mol. The molecule has 0 unspecified atom stereocenters. The van der Waals surface area contributed by atoms with Crippen LogP contribution in [0, 0.1) is 23.5 Å². The van der Waals surface area contributed by atoms with E-state index < -0.39 is 12.2 Å². The predicted octanol–water partition coefficient (Wildman–Crippen LogP) is 3.98. The maximum atomic E-state index is 13.6. The van der Waals surface area contributed by atoms with Gasteiger partial charge in [0, 0.05) is 36.2 Å². The molecule has 2 N–H and O–H groups in total. The molecule has 2 aromatic heterocycles. The van der Waals surface area contributed by atoms with Gasteiger partial charge in [-0.25, -0.2) is 18.7 Å². The van der Waals surface area contributed by atoms with Gasteiger partial charge in [0.15, 0.2) is 0 Å². The second-order valence-electron chi connectivity index (χ2n) is 10.9. The Balaban J connectivity index is 0.000000132. The number of hydrogen-bond donors (Lipinski definition) is 2. The zero-order valence-corrected chi connectivity index (χ0v) is 21.7. The molecule has 0 saturated carbocycles. The average molecular weight is 549 g/mol. The standard InChI is InChI=1S/2C15H15FN2O2/c2*16-9-1-2-10-11(5-9)15(18-8-17-6-13(10)18)12-7-20-4-3-14(12)19/h2*1-2,5-6,8,12,14-15,19H,3-4,7H2/t2*12-,14-,15-/m10/s1. The van der Waals surface area contributed by atoms with Crippen LogP contribution in [0.4, 0.5) is 8.78 Å². The summed E-state index contributed by atoms with van der Waals surface area (Å²) in [7, 11) is 0. The summed E-state index contributed by atoms with van der Waals surface area (Å²) in [5.41, 5.74) is 5.76. The van der Waals surface area contributed by atoms with Crippen LogP contribution in [0.3, 0.4) is 0 Å². The molecule has 8 rings (SSSR count). The van der Waals surface area contributed by atoms with Crippen LogP contribution in [0.1, 0.15) is 36.1 Å². The number of benzene rings is 2. The molecular formula is C30H30F2N4O4. The molecule has 0 aliphatic carbocycles. The maximum absolute atomic E-state index is 13.6. The van der Waals surface area contributed by atoms with Gasteiger partial charge in [-0.2, -0.15) is 0 Å². The van der Waals surface area contributed by atoms with Crippen LogP contribution >= 0.6 is 0 Å². The molecular weight excluding hydrogens is 518 g/mol. The Labute approximate surface area is 229 Å². The normalized spacial score (nSPS) is 28.2. The third kappa shape index (κ3) is 4.17. The molecule has 208 valence electrons. The second kappa shape index (κ2) is 10.2. The smallest absolute Gasteiger partial charge is 0.123 e. The second-order valence-corrected chi connectivity index (χ2v) is 10.9. The number of rotatable bonds is 2. The Morgan fingerprint density at radius 2 is 1.15 bits per heavy atom. The largest absolute Gasteiger partial charge is 0.393 e. The van der Waals surface area contributed by atoms with Crippen LogP contribution in [0.2, 0.25) is 0 Å². The zero-order valence-electron chi connectivity index (χ0n) is 21.7. The van der Waals surface area contributed by atoms with Crippen LogP contribution in [0.5, 0.6) is 0 Å². The van der Waals surface area contributed by atoms with Gasteiger partial charge < -0.3 is 28.8 Å². The molecule has 4 aliphatic rings. The molecule has 8 nitrogen and oxygen atoms in total. The molecule has 0 amide bonds. The number of ether oxygens (including phenoxy) is 2. The van der Waals surface area contributed by atoms with Crippen molar-refractivity contribution in [2.75, 3.05) is 26.4 Å². The van der Waals surface area contributed by atoms with Gasteiger partial charge in [0.1, 0.15) is 11.6 Å². The lowest BCUT2D eigenvalue weighted by molar-refractivity contribution is -0.0484. The van der Waals surface area contributed by atoms with Crippen molar-refractivity contribution in [2.24, 2.45) is 11.8 Å². The van der Waals surface area contributed by atoms with Crippen molar-refractivity contribution >= 4 is 0 Å². The topological polar surface area (TPSA) is 94.6 Å². The number of imidazole rings is 2. The highest BCUT2D eigenvalue weighted by molar-refractivity contribution is 5.70. The van der Waals surface area contributed by atoms with Gasteiger partial charge in [-0.3, -0.25) is 0 Å². The minimum absolute atomic E-state index is 0.0697. The van der Waals surface area contributed by atoms with Gasteiger partial charge in [0.25, 0.3) is 0 Å². The number of aliphatic hydroxyl groups excluding tert-OH is 2. The van der Waals surface area contributed by atoms with Crippen molar-refractivity contribution < 1.29 is 28.5 Å². The summed E-state index contributed by atoms with van der Waals surface area (Å²) in [5.74, 6) is -0.642. The lowest BCUT2D eigenvalue weighted by Crippen LogP contribution is -2.37. The minimum atomic E-state index is -0.432. The van der Waals surface area contributed by atoms with Crippen molar-refractivity contribution in [1.29, 1.82) is 0 Å². The summed E-state index contributed by atoms with van der Waals surface area (Å²) in [5, 5.41) is 20.6. The first-order valence-corrected chi connectivity index (χ1v) is 13.7. The van der Waals surface area contributed by atoms with Crippen molar-refractivity contribution in [3.63, 3.8) is 0 Å². The minimum Gasteiger partial charge on any atom is -0.393 e. The van der Waals surface area contributed by atoms with E-state index >= 15 is 0 Å². The van der Waals surface area contributed by atoms with Crippen LogP contribution in [-0.2, 0) is 9.47 Å². The van der Waals surface area contributed by atoms with Crippen molar-refractivity contribution in [1.82, 2.24) is 19.1 Å². The zero-order chi connectivity index (χ0) is 27.4. The molecule has 40 heavy (non-hydrogen) atoms. The molecule has 10 heteroatoms. The summed E-state index contributed by atoms with van der Waals surface area (Å²) in [6.07, 6.45) is 7.44. The summed E-state index contributed by atoms with van der Waals surface area (Å²) >= 11 is 0. The maximum Gasteiger partial charge on any atom is 0.123 e. The van der Waals surface area contributed by atoms with Gasteiger partial charge in [0.2, 0.25) is 0 Å². The van der Waals surface area contributed by atoms with E-state index in [4.69, 9.17) is 9.47 Å². The number of halogens is 2. The van der Waals surface area contributed by atoms with E-state index in [0.717, 1.165) is 33.6 Å². The highest BCUT2D eigenvalue weighted by atomic mass is 19.1. The first kappa shape index (κ1) is 25.5. The van der Waals surface area contributed by atoms with Gasteiger partial charge in [-0.15, -0.1) is 0 Å². The molecule has 4 aromatic rings. The Morgan fingerprint density at radius 1 is 0.700 bits per heavy atom. The summed E-state index contributed by atoms with van der Waals surface area (Å²) in [4.78, 5) is 8.36. The molecule has 6 atom stereocenters. The molecule has 2 aromatic carbocycles. The van der Waals surface area contributed by atoms with Crippen LogP contribution in [-0.4, -0.2) is 68.0 Å². The van der Waals surface area contributed by atoms with E-state index in [1.807, 2.05) is 9.13 Å². The average Bonchev–Trinajstić information content (AvgIpc) is 3.72. The van der Waals surface area contributed by atoms with E-state index in [1.54, 1.807) is 49.3 Å². The fourth-order valence-corrected chi connectivity index (χ4v) is 6.77. The molecule has 0 bridgehead atoms. The number of nitrogens with zero attached hydrogens (tertiary/aromatic N) is 4. The summed E-state index contributed by atoms with van der Waals surface area (Å²) in [6.45, 7) is 2.13. The van der Waals surface area contributed by atoms with E-state index in [2.05, 4.69) is 9.97 Å². The van der Waals surface area contributed by atoms with E-state index in [1.165, 1.54) is 12.1 Å². The molecule has 6 heterocycles. The van der Waals surface area contributed by atoms with Gasteiger partial charge in [0.05, 0.1) is 73.9 Å². The summed E-state index contributed by atoms with van der Waals surface area (Å²) < 4.78 is 42.3. The third-order valence-electron chi connectivity index (χ3n) is 8.68. The van der Waals surface area contributed by atoms with Gasteiger partial charge in [-0.05, 0) is 60.4 Å². The first-order chi connectivity index (χ1) is 19.5. The van der Waals surface area contributed by atoms with Crippen LogP contribution in [0.15, 0.2) is 61.4 Å². The van der Waals surface area contributed by atoms with Crippen molar-refractivity contribution in [2.45, 2.75) is 37.1 Å². The van der Waals surface area contributed by atoms with Crippen molar-refractivity contribution in [3.8, 4) is 22.5 Å². The van der Waals surface area contributed by atoms with Gasteiger partial charge in [-0.1, -0.05) is 0 Å². The highest BCUT2D eigenvalue weighted by Gasteiger charge is 2.40. The molecule has 4 aliphatic heterocycles. The molecule has 2 fully saturated rings.